The zero-order chi connectivity index (χ0) is 19.7. The molecule has 1 aromatic rings. The van der Waals surface area contributed by atoms with Gasteiger partial charge in [0.15, 0.2) is 0 Å². The Hall–Kier alpha value is -1.88. The molecule has 1 aromatic carbocycles. The van der Waals surface area contributed by atoms with Crippen molar-refractivity contribution in [2.45, 2.75) is 69.4 Å². The Bertz CT molecular complexity index is 848. The molecule has 2 saturated carbocycles. The van der Waals surface area contributed by atoms with Gasteiger partial charge in [0.25, 0.3) is 0 Å². The van der Waals surface area contributed by atoms with E-state index in [0.717, 1.165) is 31.8 Å². The third-order valence-electron chi connectivity index (χ3n) is 7.87. The molecule has 3 aliphatic carbocycles. The molecule has 5 rings (SSSR count). The minimum absolute atomic E-state index is 0.130. The number of likely N-dealkylation sites (tertiary alicyclic amines) is 1. The number of primary amides is 1. The van der Waals surface area contributed by atoms with Gasteiger partial charge >= 0.3 is 5.97 Å². The molecule has 2 bridgehead atoms. The Labute approximate surface area is 166 Å². The Kier molecular flexibility index (Phi) is 3.93. The second kappa shape index (κ2) is 6.06. The quantitative estimate of drug-likeness (QED) is 0.812. The summed E-state index contributed by atoms with van der Waals surface area (Å²) in [7, 11) is 0. The van der Waals surface area contributed by atoms with Gasteiger partial charge in [0, 0.05) is 31.2 Å². The Morgan fingerprint density at radius 3 is 2.75 bits per heavy atom. The van der Waals surface area contributed by atoms with Gasteiger partial charge in [0.2, 0.25) is 5.91 Å². The van der Waals surface area contributed by atoms with Gasteiger partial charge in [-0.05, 0) is 62.6 Å². The number of hydrogen-bond donors (Lipinski definition) is 1. The van der Waals surface area contributed by atoms with Gasteiger partial charge in [0.1, 0.15) is 5.60 Å². The molecule has 0 radical (unpaired) electrons. The number of aryl methyl sites for hydroxylation is 1. The fraction of sp³-hybridized carbons (Fsp3) is 0.652. The van der Waals surface area contributed by atoms with Crippen molar-refractivity contribution in [3.8, 4) is 0 Å². The molecule has 1 aliphatic heterocycles. The van der Waals surface area contributed by atoms with E-state index in [1.54, 1.807) is 0 Å². The maximum Gasteiger partial charge on any atom is 0.303 e. The molecule has 150 valence electrons. The van der Waals surface area contributed by atoms with Crippen LogP contribution in [0.5, 0.6) is 0 Å². The smallest absolute Gasteiger partial charge is 0.303 e. The molecule has 2 N–H and O–H groups in total. The number of rotatable bonds is 4. The number of benzene rings is 1. The van der Waals surface area contributed by atoms with Crippen molar-refractivity contribution in [2.24, 2.45) is 17.6 Å². The maximum atomic E-state index is 12.3. The molecule has 1 saturated heterocycles. The first-order valence-corrected chi connectivity index (χ1v) is 10.7. The molecule has 1 amide bonds. The van der Waals surface area contributed by atoms with E-state index in [4.69, 9.17) is 10.5 Å². The molecule has 4 aliphatic rings. The minimum Gasteiger partial charge on any atom is -0.457 e. The van der Waals surface area contributed by atoms with Gasteiger partial charge < -0.3 is 10.5 Å². The van der Waals surface area contributed by atoms with Crippen molar-refractivity contribution >= 4 is 11.9 Å². The number of ether oxygens (including phenoxy) is 1. The van der Waals surface area contributed by atoms with Crippen LogP contribution in [0.15, 0.2) is 18.2 Å². The van der Waals surface area contributed by atoms with Crippen LogP contribution in [0.1, 0.15) is 55.7 Å². The third kappa shape index (κ3) is 2.48. The molecule has 0 aromatic heterocycles. The van der Waals surface area contributed by atoms with Gasteiger partial charge in [-0.2, -0.15) is 0 Å². The van der Waals surface area contributed by atoms with Crippen molar-refractivity contribution in [3.05, 3.63) is 34.9 Å². The first-order chi connectivity index (χ1) is 13.3. The van der Waals surface area contributed by atoms with Crippen LogP contribution >= 0.6 is 0 Å². The summed E-state index contributed by atoms with van der Waals surface area (Å²) in [5, 5.41) is 0. The first kappa shape index (κ1) is 18.2. The number of hydrogen-bond acceptors (Lipinski definition) is 4. The Morgan fingerprint density at radius 1 is 1.29 bits per heavy atom. The average Bonchev–Trinajstić information content (AvgIpc) is 3.36. The van der Waals surface area contributed by atoms with Gasteiger partial charge in [-0.25, -0.2) is 0 Å². The SMILES string of the molecule is CC(=O)O[C@@]12CC(C(N)=O)C[C@@]13CCN(CC1CC1)[C@@H]2Cc1ccc(C)cc13. The van der Waals surface area contributed by atoms with Crippen LogP contribution in [-0.4, -0.2) is 41.5 Å². The van der Waals surface area contributed by atoms with Crippen LogP contribution in [0.25, 0.3) is 0 Å². The predicted molar refractivity (Wildman–Crippen MR) is 106 cm³/mol. The fourth-order valence-electron chi connectivity index (χ4n) is 6.59. The molecule has 28 heavy (non-hydrogen) atoms. The van der Waals surface area contributed by atoms with Crippen molar-refractivity contribution in [3.63, 3.8) is 0 Å². The molecular weight excluding hydrogens is 352 g/mol. The van der Waals surface area contributed by atoms with E-state index in [1.807, 2.05) is 0 Å². The second-order valence-electron chi connectivity index (χ2n) is 9.64. The summed E-state index contributed by atoms with van der Waals surface area (Å²) in [5.74, 6) is 0.0246. The normalized spacial score (nSPS) is 36.5. The van der Waals surface area contributed by atoms with E-state index in [-0.39, 0.29) is 29.3 Å². The van der Waals surface area contributed by atoms with E-state index in [0.29, 0.717) is 12.8 Å². The Balaban J connectivity index is 1.69. The monoisotopic (exact) mass is 382 g/mol. The van der Waals surface area contributed by atoms with Crippen LogP contribution < -0.4 is 5.73 Å². The predicted octanol–water partition coefficient (Wildman–Crippen LogP) is 2.47. The van der Waals surface area contributed by atoms with Crippen molar-refractivity contribution in [1.29, 1.82) is 0 Å². The zero-order valence-electron chi connectivity index (χ0n) is 16.9. The standard InChI is InChI=1S/C23H30N2O3/c1-14-3-6-17-10-20-23(28-15(2)26)12-18(21(24)27)11-22(23,19(17)9-14)7-8-25(20)13-16-4-5-16/h3,6,9,16,18,20H,4-5,7-8,10-13H2,1-2H3,(H2,24,27)/t18?,20-,22-,23-/m1/s1. The van der Waals surface area contributed by atoms with Crippen LogP contribution in [0, 0.1) is 18.8 Å². The lowest BCUT2D eigenvalue weighted by molar-refractivity contribution is -0.189. The van der Waals surface area contributed by atoms with Crippen LogP contribution in [0.3, 0.4) is 0 Å². The maximum absolute atomic E-state index is 12.3. The summed E-state index contributed by atoms with van der Waals surface area (Å²) in [6.07, 6.45) is 5.65. The van der Waals surface area contributed by atoms with Crippen LogP contribution in [0.2, 0.25) is 0 Å². The van der Waals surface area contributed by atoms with Gasteiger partial charge in [-0.15, -0.1) is 0 Å². The van der Waals surface area contributed by atoms with Crippen LogP contribution in [-0.2, 0) is 26.2 Å². The van der Waals surface area contributed by atoms with Gasteiger partial charge in [-0.3, -0.25) is 14.5 Å². The lowest BCUT2D eigenvalue weighted by Crippen LogP contribution is -2.70. The molecular formula is C23H30N2O3. The lowest BCUT2D eigenvalue weighted by Gasteiger charge is -2.60. The number of nitrogens with zero attached hydrogens (tertiary/aromatic N) is 1. The van der Waals surface area contributed by atoms with E-state index in [9.17, 15) is 9.59 Å². The number of nitrogens with two attached hydrogens (primary N) is 1. The second-order valence-corrected chi connectivity index (χ2v) is 9.64. The summed E-state index contributed by atoms with van der Waals surface area (Å²) in [6.45, 7) is 5.70. The van der Waals surface area contributed by atoms with E-state index >= 15 is 0 Å². The summed E-state index contributed by atoms with van der Waals surface area (Å²) >= 11 is 0. The highest BCUT2D eigenvalue weighted by molar-refractivity contribution is 5.78. The number of carbonyl (C=O) groups is 2. The van der Waals surface area contributed by atoms with Gasteiger partial charge in [-0.1, -0.05) is 23.8 Å². The molecule has 3 fully saturated rings. The number of fused-ring (bicyclic) bond motifs is 1. The zero-order valence-corrected chi connectivity index (χ0v) is 16.9. The van der Waals surface area contributed by atoms with E-state index in [2.05, 4.69) is 30.0 Å². The molecule has 1 heterocycles. The van der Waals surface area contributed by atoms with Crippen molar-refractivity contribution in [2.75, 3.05) is 13.1 Å². The summed E-state index contributed by atoms with van der Waals surface area (Å²) in [6, 6.07) is 6.82. The minimum atomic E-state index is -0.646. The number of piperidine rings is 1. The van der Waals surface area contributed by atoms with E-state index in [1.165, 1.54) is 36.5 Å². The first-order valence-electron chi connectivity index (χ1n) is 10.7. The molecule has 1 unspecified atom stereocenters. The fourth-order valence-corrected chi connectivity index (χ4v) is 6.59. The largest absolute Gasteiger partial charge is 0.457 e. The van der Waals surface area contributed by atoms with E-state index < -0.39 is 5.60 Å². The third-order valence-corrected chi connectivity index (χ3v) is 7.87. The highest BCUT2D eigenvalue weighted by atomic mass is 16.6. The molecule has 5 nitrogen and oxygen atoms in total. The summed E-state index contributed by atoms with van der Waals surface area (Å²) in [5.41, 5.74) is 8.71. The van der Waals surface area contributed by atoms with Crippen molar-refractivity contribution in [1.82, 2.24) is 4.90 Å². The molecule has 0 spiro atoms. The number of carbonyl (C=O) groups excluding carboxylic acids is 2. The topological polar surface area (TPSA) is 72.6 Å². The lowest BCUT2D eigenvalue weighted by atomic mass is 9.55. The molecule has 5 heteroatoms. The van der Waals surface area contributed by atoms with Gasteiger partial charge in [0.05, 0.1) is 6.04 Å². The summed E-state index contributed by atoms with van der Waals surface area (Å²) < 4.78 is 6.28. The van der Waals surface area contributed by atoms with Crippen molar-refractivity contribution < 1.29 is 14.3 Å². The Morgan fingerprint density at radius 2 is 2.07 bits per heavy atom. The average molecular weight is 383 g/mol. The summed E-state index contributed by atoms with van der Waals surface area (Å²) in [4.78, 5) is 27.2. The molecule has 4 atom stereocenters. The highest BCUT2D eigenvalue weighted by Crippen LogP contribution is 2.63. The number of esters is 1. The highest BCUT2D eigenvalue weighted by Gasteiger charge is 2.70. The van der Waals surface area contributed by atoms with Crippen LogP contribution in [0.4, 0.5) is 0 Å². The number of amides is 1.